The van der Waals surface area contributed by atoms with Crippen LogP contribution in [-0.4, -0.2) is 25.4 Å². The number of aryl methyl sites for hydroxylation is 2. The van der Waals surface area contributed by atoms with Gasteiger partial charge in [0.15, 0.2) is 0 Å². The van der Waals surface area contributed by atoms with Crippen LogP contribution in [0.2, 0.25) is 0 Å². The van der Waals surface area contributed by atoms with Gasteiger partial charge in [-0.2, -0.15) is 0 Å². The number of pyridine rings is 1. The van der Waals surface area contributed by atoms with E-state index in [1.54, 1.807) is 0 Å². The van der Waals surface area contributed by atoms with Crippen molar-refractivity contribution < 1.29 is 13.0 Å². The van der Waals surface area contributed by atoms with Crippen LogP contribution >= 0.6 is 0 Å². The van der Waals surface area contributed by atoms with Crippen LogP contribution in [0.15, 0.2) is 158 Å². The molecule has 320 valence electrons. The zero-order chi connectivity index (χ0) is 49.5. The molecule has 65 heavy (non-hydrogen) atoms. The first-order valence-corrected chi connectivity index (χ1v) is 22.2. The van der Waals surface area contributed by atoms with E-state index in [9.17, 15) is 0 Å². The van der Waals surface area contributed by atoms with Crippen LogP contribution in [0, 0.1) is 0 Å². The van der Waals surface area contributed by atoms with Gasteiger partial charge in [0.1, 0.15) is 24.0 Å². The Bertz CT molecular complexity index is 3870. The average molecular weight is 855 g/mol. The molecule has 0 saturated carbocycles. The molecule has 0 saturated heterocycles. The lowest BCUT2D eigenvalue weighted by Gasteiger charge is -2.25. The average Bonchev–Trinajstić information content (AvgIpc) is 4.07. The van der Waals surface area contributed by atoms with Gasteiger partial charge in [-0.1, -0.05) is 102 Å². The Hall–Kier alpha value is -7.51. The van der Waals surface area contributed by atoms with Gasteiger partial charge >= 0.3 is 0 Å². The zero-order valence-electron chi connectivity index (χ0n) is 43.3. The molecule has 0 fully saturated rings. The number of ether oxygens (including phenoxy) is 1. The van der Waals surface area contributed by atoms with Gasteiger partial charge in [0.25, 0.3) is 0 Å². The molecule has 7 aromatic carbocycles. The van der Waals surface area contributed by atoms with E-state index in [0.29, 0.717) is 39.3 Å². The van der Waals surface area contributed by atoms with Crippen LogP contribution in [0.4, 0.5) is 22.7 Å². The van der Waals surface area contributed by atoms with Gasteiger partial charge in [-0.3, -0.25) is 4.57 Å². The summed E-state index contributed by atoms with van der Waals surface area (Å²) >= 11 is 0. The van der Waals surface area contributed by atoms with Gasteiger partial charge in [-0.15, -0.1) is 0 Å². The molecule has 12 rings (SSSR count). The van der Waals surface area contributed by atoms with E-state index >= 15 is 0 Å². The van der Waals surface area contributed by atoms with Crippen molar-refractivity contribution in [2.45, 2.75) is 52.4 Å². The summed E-state index contributed by atoms with van der Waals surface area (Å²) in [6.45, 7) is 8.38. The maximum absolute atomic E-state index is 8.97. The lowest BCUT2D eigenvalue weighted by molar-refractivity contribution is 0.483. The first-order chi connectivity index (χ1) is 33.8. The summed E-state index contributed by atoms with van der Waals surface area (Å²) in [6.07, 6.45) is 1.89. The Morgan fingerprint density at radius 3 is 1.78 bits per heavy atom. The minimum atomic E-state index is -2.61. The summed E-state index contributed by atoms with van der Waals surface area (Å²) < 4.78 is 65.7. The van der Waals surface area contributed by atoms with E-state index < -0.39 is 14.0 Å². The first kappa shape index (κ1) is 33.1. The minimum absolute atomic E-state index is 0.0387. The fraction of sp³-hybridized carbons (Fsp3) is 0.190. The fourth-order valence-corrected chi connectivity index (χ4v) is 10.1. The third-order valence-electron chi connectivity index (χ3n) is 13.4. The highest BCUT2D eigenvalue weighted by atomic mass is 16.5. The molecule has 0 unspecified atom stereocenters. The number of anilines is 4. The third kappa shape index (κ3) is 5.98. The van der Waals surface area contributed by atoms with E-state index in [4.69, 9.17) is 17.9 Å². The summed E-state index contributed by atoms with van der Waals surface area (Å²) in [5.41, 5.74) is 9.32. The zero-order valence-corrected chi connectivity index (χ0v) is 37.3. The maximum atomic E-state index is 8.97. The van der Waals surface area contributed by atoms with Crippen molar-refractivity contribution >= 4 is 88.2 Å². The molecule has 0 amide bonds. The maximum Gasteiger partial charge on any atom is 0.137 e. The van der Waals surface area contributed by atoms with Crippen LogP contribution in [0.5, 0.6) is 11.5 Å². The van der Waals surface area contributed by atoms with E-state index in [2.05, 4.69) is 98.4 Å². The Labute approximate surface area is 387 Å². The van der Waals surface area contributed by atoms with E-state index in [0.717, 1.165) is 66.2 Å². The Morgan fingerprint density at radius 1 is 0.492 bits per heavy atom. The topological polar surface area (TPSA) is 43.4 Å². The molecule has 0 N–H and O–H groups in total. The second-order valence-corrected chi connectivity index (χ2v) is 19.5. The summed E-state index contributed by atoms with van der Waals surface area (Å²) in [6, 6.07) is 50.2. The highest BCUT2D eigenvalue weighted by Crippen LogP contribution is 2.51. The normalized spacial score (nSPS) is 15.2. The predicted molar refractivity (Wildman–Crippen MR) is 272 cm³/mol. The van der Waals surface area contributed by atoms with Crippen LogP contribution in [0.1, 0.15) is 60.9 Å². The van der Waals surface area contributed by atoms with Gasteiger partial charge in [0, 0.05) is 89.5 Å². The molecular formula is C58H52N6O. The molecule has 0 atom stereocenters. The van der Waals surface area contributed by atoms with Crippen LogP contribution in [-0.2, 0) is 24.8 Å². The third-order valence-corrected chi connectivity index (χ3v) is 13.4. The minimum Gasteiger partial charge on any atom is -0.457 e. The summed E-state index contributed by atoms with van der Waals surface area (Å²) in [4.78, 5) is 9.17. The van der Waals surface area contributed by atoms with Crippen molar-refractivity contribution in [2.24, 2.45) is 14.0 Å². The molecule has 1 aliphatic heterocycles. The number of hydrogen-bond donors (Lipinski definition) is 0. The number of rotatable bonds is 5. The van der Waals surface area contributed by atoms with Gasteiger partial charge in [-0.25, -0.2) is 4.98 Å². The molecule has 7 nitrogen and oxygen atoms in total. The van der Waals surface area contributed by atoms with Crippen molar-refractivity contribution in [1.29, 1.82) is 0 Å². The van der Waals surface area contributed by atoms with E-state index in [-0.39, 0.29) is 17.5 Å². The van der Waals surface area contributed by atoms with Crippen molar-refractivity contribution in [3.05, 3.63) is 169 Å². The van der Waals surface area contributed by atoms with Crippen molar-refractivity contribution in [3.63, 3.8) is 0 Å². The molecule has 0 spiro atoms. The highest BCUT2D eigenvalue weighted by molar-refractivity contribution is 6.25. The molecule has 1 aliphatic rings. The number of aromatic nitrogens is 4. The Morgan fingerprint density at radius 2 is 1.11 bits per heavy atom. The van der Waals surface area contributed by atoms with Crippen LogP contribution in [0.3, 0.4) is 0 Å². The predicted octanol–water partition coefficient (Wildman–Crippen LogP) is 15.1. The molecule has 0 bridgehead atoms. The number of fused-ring (bicyclic) bond motifs is 10. The number of para-hydroxylation sites is 4. The highest BCUT2D eigenvalue weighted by Gasteiger charge is 2.33. The first-order valence-electron chi connectivity index (χ1n) is 25.2. The second kappa shape index (κ2) is 14.0. The molecule has 4 aromatic heterocycles. The van der Waals surface area contributed by atoms with Gasteiger partial charge in [0.05, 0.1) is 39.1 Å². The van der Waals surface area contributed by atoms with Gasteiger partial charge in [-0.05, 0) is 101 Å². The molecule has 11 aromatic rings. The second-order valence-electron chi connectivity index (χ2n) is 19.5. The largest absolute Gasteiger partial charge is 0.457 e. The van der Waals surface area contributed by atoms with Gasteiger partial charge < -0.3 is 23.7 Å². The molecule has 5 heterocycles. The van der Waals surface area contributed by atoms with E-state index in [1.165, 1.54) is 20.3 Å². The van der Waals surface area contributed by atoms with Crippen LogP contribution < -0.4 is 14.5 Å². The summed E-state index contributed by atoms with van der Waals surface area (Å²) in [7, 11) is 0. The number of benzene rings is 7. The fourth-order valence-electron chi connectivity index (χ4n) is 10.1. The lowest BCUT2D eigenvalue weighted by Crippen LogP contribution is -2.25. The quantitative estimate of drug-likeness (QED) is 0.173. The summed E-state index contributed by atoms with van der Waals surface area (Å²) in [5, 5.41) is 5.23. The van der Waals surface area contributed by atoms with Crippen molar-refractivity contribution in [2.75, 3.05) is 16.5 Å². The molecule has 0 radical (unpaired) electrons. The van der Waals surface area contributed by atoms with E-state index in [1.807, 2.05) is 115 Å². The lowest BCUT2D eigenvalue weighted by atomic mass is 9.86. The smallest absolute Gasteiger partial charge is 0.137 e. The number of nitrogens with zero attached hydrogens (tertiary/aromatic N) is 6. The van der Waals surface area contributed by atoms with Gasteiger partial charge in [0.2, 0.25) is 0 Å². The standard InChI is InChI=1S/C58H52N6O/c1-57(2,3)36-24-27-49-44(30-36)43-26-25-40(33-52(43)64(49)53-31-37(28-29-59-53)58(4,5)6)65-39-17-15-16-38(32-39)62-35-63(51-23-14-13-22-50(51)62)56-54-45(41-18-9-11-20-47(41)60(54)7)34-46-42-19-10-12-21-48(42)61(8)55(46)56/h9-34H,35H2,1-8H3/i7D3,8D3. The molecule has 0 aliphatic carbocycles. The van der Waals surface area contributed by atoms with Crippen LogP contribution in [0.25, 0.3) is 71.2 Å². The summed E-state index contributed by atoms with van der Waals surface area (Å²) in [5.74, 6) is 2.12. The Kier molecular flexibility index (Phi) is 7.12. The SMILES string of the molecule is [2H]C([2H])([2H])n1c2ccccc2c2cc3c4ccccc4n(C([2H])([2H])[2H])c3c(N3CN(c4cccc(Oc5ccc6c7cc(C(C)(C)C)ccc7n(-c7cc(C(C)(C)C)ccn7)c6c5)c4)c4ccccc43)c21. The molecule has 7 heteroatoms. The Balaban J connectivity index is 1.01. The monoisotopic (exact) mass is 854 g/mol. The number of hydrogen-bond acceptors (Lipinski definition) is 4. The molecular weight excluding hydrogens is 797 g/mol. The van der Waals surface area contributed by atoms with Crippen molar-refractivity contribution in [1.82, 2.24) is 18.7 Å². The van der Waals surface area contributed by atoms with Crippen molar-refractivity contribution in [3.8, 4) is 17.3 Å².